The van der Waals surface area contributed by atoms with Crippen molar-refractivity contribution in [3.8, 4) is 0 Å². The number of nitrogens with one attached hydrogen (secondary N) is 1. The Bertz CT molecular complexity index is 391. The maximum atomic E-state index is 3.73. The van der Waals surface area contributed by atoms with Crippen LogP contribution < -0.4 is 5.32 Å². The van der Waals surface area contributed by atoms with Gasteiger partial charge in [-0.3, -0.25) is 0 Å². The molecule has 0 spiro atoms. The van der Waals surface area contributed by atoms with Crippen molar-refractivity contribution >= 4 is 0 Å². The second-order valence-electron chi connectivity index (χ2n) is 6.72. The normalized spacial score (nSPS) is 18.8. The predicted octanol–water partition coefficient (Wildman–Crippen LogP) is 4.02. The van der Waals surface area contributed by atoms with Crippen LogP contribution in [0.15, 0.2) is 24.3 Å². The van der Waals surface area contributed by atoms with Gasteiger partial charge in [0.05, 0.1) is 0 Å². The third-order valence-corrected chi connectivity index (χ3v) is 4.85. The van der Waals surface area contributed by atoms with E-state index in [1.807, 2.05) is 0 Å². The van der Waals surface area contributed by atoms with Gasteiger partial charge in [0.15, 0.2) is 0 Å². The third-order valence-electron chi connectivity index (χ3n) is 4.85. The van der Waals surface area contributed by atoms with Gasteiger partial charge in [0, 0.05) is 6.04 Å². The first kappa shape index (κ1) is 16.5. The second kappa shape index (κ2) is 8.55. The van der Waals surface area contributed by atoms with E-state index < -0.39 is 0 Å². The van der Waals surface area contributed by atoms with Crippen LogP contribution in [0.1, 0.15) is 56.7 Å². The van der Waals surface area contributed by atoms with Crippen molar-refractivity contribution in [2.24, 2.45) is 5.92 Å². The summed E-state index contributed by atoms with van der Waals surface area (Å²) in [4.78, 5) is 2.44. The highest BCUT2D eigenvalue weighted by Crippen LogP contribution is 2.18. The number of likely N-dealkylation sites (tertiary alicyclic amines) is 1. The fourth-order valence-electron chi connectivity index (χ4n) is 3.08. The van der Waals surface area contributed by atoms with Crippen LogP contribution in [0.25, 0.3) is 0 Å². The van der Waals surface area contributed by atoms with E-state index in [9.17, 15) is 0 Å². The van der Waals surface area contributed by atoms with Crippen molar-refractivity contribution in [2.45, 2.75) is 52.0 Å². The van der Waals surface area contributed by atoms with Crippen LogP contribution in [0.2, 0.25) is 0 Å². The molecule has 21 heavy (non-hydrogen) atoms. The Morgan fingerprint density at radius 1 is 1.19 bits per heavy atom. The molecule has 1 atom stereocenters. The number of unbranched alkanes of at least 4 members (excludes halogenated alkanes) is 1. The Kier molecular flexibility index (Phi) is 6.72. The molecular formula is C19H32N2. The van der Waals surface area contributed by atoms with Crippen LogP contribution in [0.3, 0.4) is 0 Å². The lowest BCUT2D eigenvalue weighted by atomic mass is 9.96. The van der Waals surface area contributed by atoms with E-state index in [-0.39, 0.29) is 0 Å². The van der Waals surface area contributed by atoms with Crippen molar-refractivity contribution in [2.75, 3.05) is 26.7 Å². The van der Waals surface area contributed by atoms with Crippen molar-refractivity contribution in [3.63, 3.8) is 0 Å². The van der Waals surface area contributed by atoms with Crippen molar-refractivity contribution in [1.82, 2.24) is 10.2 Å². The molecule has 118 valence electrons. The van der Waals surface area contributed by atoms with E-state index in [0.717, 1.165) is 12.5 Å². The van der Waals surface area contributed by atoms with E-state index in [1.54, 1.807) is 0 Å². The molecule has 1 heterocycles. The molecule has 2 heteroatoms. The highest BCUT2D eigenvalue weighted by molar-refractivity contribution is 5.24. The Balaban J connectivity index is 1.76. The SMILES string of the molecule is CCCCc1ccc(C(C)NCC2CCN(C)CC2)cc1. The summed E-state index contributed by atoms with van der Waals surface area (Å²) >= 11 is 0. The lowest BCUT2D eigenvalue weighted by Gasteiger charge is -2.30. The molecule has 0 aliphatic carbocycles. The number of rotatable bonds is 7. The van der Waals surface area contributed by atoms with Gasteiger partial charge in [0.1, 0.15) is 0 Å². The molecule has 1 aliphatic rings. The molecule has 1 aromatic carbocycles. The van der Waals surface area contributed by atoms with E-state index >= 15 is 0 Å². The minimum atomic E-state index is 0.463. The van der Waals surface area contributed by atoms with Crippen molar-refractivity contribution in [1.29, 1.82) is 0 Å². The lowest BCUT2D eigenvalue weighted by molar-refractivity contribution is 0.213. The third kappa shape index (κ3) is 5.44. The standard InChI is InChI=1S/C19H32N2/c1-4-5-6-17-7-9-19(10-8-17)16(2)20-15-18-11-13-21(3)14-12-18/h7-10,16,18,20H,4-6,11-15H2,1-3H3. The van der Waals surface area contributed by atoms with Crippen molar-refractivity contribution in [3.05, 3.63) is 35.4 Å². The number of aryl methyl sites for hydroxylation is 1. The first-order valence-corrected chi connectivity index (χ1v) is 8.69. The van der Waals surface area contributed by atoms with E-state index in [4.69, 9.17) is 0 Å². The molecule has 0 aromatic heterocycles. The molecule has 1 fully saturated rings. The van der Waals surface area contributed by atoms with Crippen LogP contribution in [-0.2, 0) is 6.42 Å². The summed E-state index contributed by atoms with van der Waals surface area (Å²) in [6.07, 6.45) is 6.46. The average molecular weight is 288 g/mol. The molecule has 0 saturated carbocycles. The monoisotopic (exact) mass is 288 g/mol. The number of piperidine rings is 1. The summed E-state index contributed by atoms with van der Waals surface area (Å²) in [5, 5.41) is 3.73. The Morgan fingerprint density at radius 2 is 1.86 bits per heavy atom. The topological polar surface area (TPSA) is 15.3 Å². The molecule has 0 amide bonds. The highest BCUT2D eigenvalue weighted by Gasteiger charge is 2.17. The first-order chi connectivity index (χ1) is 10.2. The summed E-state index contributed by atoms with van der Waals surface area (Å²) in [6.45, 7) is 8.21. The van der Waals surface area contributed by atoms with Gasteiger partial charge in [-0.2, -0.15) is 0 Å². The van der Waals surface area contributed by atoms with E-state index in [0.29, 0.717) is 6.04 Å². The molecule has 2 nitrogen and oxygen atoms in total. The second-order valence-corrected chi connectivity index (χ2v) is 6.72. The van der Waals surface area contributed by atoms with Crippen LogP contribution in [-0.4, -0.2) is 31.6 Å². The van der Waals surface area contributed by atoms with Gasteiger partial charge in [-0.1, -0.05) is 37.6 Å². The zero-order valence-corrected chi connectivity index (χ0v) is 14.1. The van der Waals surface area contributed by atoms with Crippen LogP contribution >= 0.6 is 0 Å². The number of hydrogen-bond donors (Lipinski definition) is 1. The maximum Gasteiger partial charge on any atom is 0.0291 e. The fourth-order valence-corrected chi connectivity index (χ4v) is 3.08. The van der Waals surface area contributed by atoms with Gasteiger partial charge >= 0.3 is 0 Å². The van der Waals surface area contributed by atoms with E-state index in [1.165, 1.54) is 56.3 Å². The minimum Gasteiger partial charge on any atom is -0.310 e. The van der Waals surface area contributed by atoms with Gasteiger partial charge in [0.25, 0.3) is 0 Å². The maximum absolute atomic E-state index is 3.73. The fraction of sp³-hybridized carbons (Fsp3) is 0.684. The van der Waals surface area contributed by atoms with Gasteiger partial charge in [-0.15, -0.1) is 0 Å². The predicted molar refractivity (Wildman–Crippen MR) is 91.7 cm³/mol. The quantitative estimate of drug-likeness (QED) is 0.815. The summed E-state index contributed by atoms with van der Waals surface area (Å²) in [6, 6.07) is 9.68. The number of benzene rings is 1. The molecule has 1 aromatic rings. The van der Waals surface area contributed by atoms with Crippen LogP contribution in [0, 0.1) is 5.92 Å². The highest BCUT2D eigenvalue weighted by atomic mass is 15.1. The summed E-state index contributed by atoms with van der Waals surface area (Å²) in [5.74, 6) is 0.854. The average Bonchev–Trinajstić information content (AvgIpc) is 2.52. The van der Waals surface area contributed by atoms with Gasteiger partial charge in [-0.25, -0.2) is 0 Å². The lowest BCUT2D eigenvalue weighted by Crippen LogP contribution is -2.35. The molecular weight excluding hydrogens is 256 g/mol. The van der Waals surface area contributed by atoms with Gasteiger partial charge in [0.2, 0.25) is 0 Å². The Labute approximate surface area is 130 Å². The molecule has 0 radical (unpaired) electrons. The number of hydrogen-bond acceptors (Lipinski definition) is 2. The molecule has 1 saturated heterocycles. The van der Waals surface area contributed by atoms with Crippen LogP contribution in [0.4, 0.5) is 0 Å². The molecule has 1 unspecified atom stereocenters. The zero-order chi connectivity index (χ0) is 15.1. The molecule has 0 bridgehead atoms. The van der Waals surface area contributed by atoms with Gasteiger partial charge in [-0.05, 0) is 76.3 Å². The van der Waals surface area contributed by atoms with Crippen molar-refractivity contribution < 1.29 is 0 Å². The first-order valence-electron chi connectivity index (χ1n) is 8.69. The summed E-state index contributed by atoms with van der Waals surface area (Å²) < 4.78 is 0. The van der Waals surface area contributed by atoms with Crippen LogP contribution in [0.5, 0.6) is 0 Å². The molecule has 1 aliphatic heterocycles. The smallest absolute Gasteiger partial charge is 0.0291 e. The largest absolute Gasteiger partial charge is 0.310 e. The minimum absolute atomic E-state index is 0.463. The summed E-state index contributed by atoms with van der Waals surface area (Å²) in [7, 11) is 2.23. The Hall–Kier alpha value is -0.860. The summed E-state index contributed by atoms with van der Waals surface area (Å²) in [5.41, 5.74) is 2.89. The van der Waals surface area contributed by atoms with E-state index in [2.05, 4.69) is 55.4 Å². The molecule has 2 rings (SSSR count). The molecule has 1 N–H and O–H groups in total. The number of nitrogens with zero attached hydrogens (tertiary/aromatic N) is 1. The zero-order valence-electron chi connectivity index (χ0n) is 14.1. The Morgan fingerprint density at radius 3 is 2.48 bits per heavy atom. The van der Waals surface area contributed by atoms with Gasteiger partial charge < -0.3 is 10.2 Å².